The topological polar surface area (TPSA) is 75.0 Å². The molecule has 2 aromatic carbocycles. The van der Waals surface area contributed by atoms with Crippen molar-refractivity contribution in [3.05, 3.63) is 92.9 Å². The number of rotatable bonds is 1. The monoisotopic (exact) mass is 475 g/mol. The summed E-state index contributed by atoms with van der Waals surface area (Å²) >= 11 is 0. The molecular formula is C23H17F4N3O4. The Labute approximate surface area is 190 Å². The summed E-state index contributed by atoms with van der Waals surface area (Å²) in [6.07, 6.45) is 0.651. The average Bonchev–Trinajstić information content (AvgIpc) is 2.79. The molecule has 0 spiro atoms. The number of hydrogen-bond donors (Lipinski definition) is 1. The molecule has 0 aliphatic carbocycles. The fourth-order valence-corrected chi connectivity index (χ4v) is 4.47. The fourth-order valence-electron chi connectivity index (χ4n) is 4.47. The van der Waals surface area contributed by atoms with Crippen molar-refractivity contribution in [1.29, 1.82) is 0 Å². The van der Waals surface area contributed by atoms with Crippen molar-refractivity contribution in [2.45, 2.75) is 18.6 Å². The second kappa shape index (κ2) is 7.79. The van der Waals surface area contributed by atoms with Crippen LogP contribution in [0.25, 0.3) is 0 Å². The lowest BCUT2D eigenvalue weighted by atomic mass is 9.94. The minimum atomic E-state index is -1.20. The Morgan fingerprint density at radius 1 is 0.971 bits per heavy atom. The number of benzene rings is 2. The van der Waals surface area contributed by atoms with Crippen LogP contribution in [0.2, 0.25) is 0 Å². The highest BCUT2D eigenvalue weighted by atomic mass is 19.2. The maximum atomic E-state index is 14.4. The lowest BCUT2D eigenvalue weighted by molar-refractivity contribution is 0.0573. The van der Waals surface area contributed by atoms with Gasteiger partial charge in [-0.25, -0.2) is 17.6 Å². The van der Waals surface area contributed by atoms with Crippen LogP contribution < -0.4 is 15.2 Å². The van der Waals surface area contributed by atoms with Crippen molar-refractivity contribution in [3.63, 3.8) is 0 Å². The number of amides is 1. The number of halogens is 4. The molecule has 176 valence electrons. The Morgan fingerprint density at radius 2 is 1.68 bits per heavy atom. The van der Waals surface area contributed by atoms with Crippen LogP contribution in [-0.4, -0.2) is 40.4 Å². The van der Waals surface area contributed by atoms with E-state index in [2.05, 4.69) is 0 Å². The largest absolute Gasteiger partial charge is 0.502 e. The smallest absolute Gasteiger partial charge is 0.277 e. The molecule has 34 heavy (non-hydrogen) atoms. The van der Waals surface area contributed by atoms with Gasteiger partial charge in [-0.1, -0.05) is 6.07 Å². The van der Waals surface area contributed by atoms with Crippen molar-refractivity contribution >= 4 is 5.91 Å². The van der Waals surface area contributed by atoms with Gasteiger partial charge in [0.2, 0.25) is 5.43 Å². The molecule has 5 rings (SSSR count). The Hall–Kier alpha value is -4.02. The van der Waals surface area contributed by atoms with Gasteiger partial charge in [0.05, 0.1) is 6.61 Å². The number of aromatic hydroxyl groups is 1. The molecule has 0 saturated carbocycles. The van der Waals surface area contributed by atoms with E-state index in [1.807, 2.05) is 0 Å². The third-order valence-corrected chi connectivity index (χ3v) is 6.08. The first kappa shape index (κ1) is 21.8. The van der Waals surface area contributed by atoms with Crippen LogP contribution in [0.1, 0.15) is 34.1 Å². The van der Waals surface area contributed by atoms with Crippen molar-refractivity contribution in [2.24, 2.45) is 0 Å². The van der Waals surface area contributed by atoms with Gasteiger partial charge in [0.25, 0.3) is 5.91 Å². The van der Waals surface area contributed by atoms with E-state index in [-0.39, 0.29) is 35.6 Å². The predicted octanol–water partition coefficient (Wildman–Crippen LogP) is 3.03. The Morgan fingerprint density at radius 3 is 2.41 bits per heavy atom. The number of ether oxygens (including phenoxy) is 1. The average molecular weight is 475 g/mol. The van der Waals surface area contributed by atoms with Gasteiger partial charge >= 0.3 is 0 Å². The molecule has 2 aliphatic heterocycles. The summed E-state index contributed by atoms with van der Waals surface area (Å²) in [6, 6.07) is 4.71. The maximum Gasteiger partial charge on any atom is 0.277 e. The zero-order chi connectivity index (χ0) is 24.3. The van der Waals surface area contributed by atoms with Gasteiger partial charge in [-0.2, -0.15) is 0 Å². The Kier molecular flexibility index (Phi) is 4.99. The van der Waals surface area contributed by atoms with E-state index in [1.54, 1.807) is 0 Å². The highest BCUT2D eigenvalue weighted by Gasteiger charge is 2.43. The predicted molar refractivity (Wildman–Crippen MR) is 111 cm³/mol. The SMILES string of the molecule is CN1C(=O)c2c(O)c(=O)ccn2N2C1CCOc1cc(F)c(F)cc1[C@@H]2c1ccc(F)c(F)c1. The van der Waals surface area contributed by atoms with Gasteiger partial charge in [-0.15, -0.1) is 0 Å². The molecule has 1 aromatic heterocycles. The molecule has 0 bridgehead atoms. The van der Waals surface area contributed by atoms with Crippen molar-refractivity contribution < 1.29 is 32.2 Å². The van der Waals surface area contributed by atoms with Crippen LogP contribution >= 0.6 is 0 Å². The van der Waals surface area contributed by atoms with E-state index < -0.39 is 52.6 Å². The summed E-state index contributed by atoms with van der Waals surface area (Å²) in [4.78, 5) is 26.4. The summed E-state index contributed by atoms with van der Waals surface area (Å²) < 4.78 is 63.5. The van der Waals surface area contributed by atoms with Crippen LogP contribution in [0, 0.1) is 23.3 Å². The van der Waals surface area contributed by atoms with Crippen LogP contribution in [0.3, 0.4) is 0 Å². The third kappa shape index (κ3) is 3.18. The highest BCUT2D eigenvalue weighted by Crippen LogP contribution is 2.41. The van der Waals surface area contributed by atoms with E-state index in [0.29, 0.717) is 0 Å². The first-order valence-corrected chi connectivity index (χ1v) is 10.3. The van der Waals surface area contributed by atoms with Crippen molar-refractivity contribution in [3.8, 4) is 11.5 Å². The first-order valence-electron chi connectivity index (χ1n) is 10.3. The molecule has 3 aromatic rings. The number of nitrogens with zero attached hydrogens (tertiary/aromatic N) is 3. The summed E-state index contributed by atoms with van der Waals surface area (Å²) in [5.74, 6) is -6.13. The molecule has 0 fully saturated rings. The normalized spacial score (nSPS) is 19.5. The number of hydrogen-bond acceptors (Lipinski definition) is 5. The van der Waals surface area contributed by atoms with E-state index in [4.69, 9.17) is 4.74 Å². The zero-order valence-corrected chi connectivity index (χ0v) is 17.6. The third-order valence-electron chi connectivity index (χ3n) is 6.08. The van der Waals surface area contributed by atoms with Crippen LogP contribution in [-0.2, 0) is 0 Å². The number of pyridine rings is 1. The molecule has 7 nitrogen and oxygen atoms in total. The van der Waals surface area contributed by atoms with Crippen LogP contribution in [0.4, 0.5) is 17.6 Å². The number of fused-ring (bicyclic) bond motifs is 4. The minimum Gasteiger partial charge on any atom is -0.502 e. The van der Waals surface area contributed by atoms with Crippen molar-refractivity contribution in [2.75, 3.05) is 18.7 Å². The van der Waals surface area contributed by atoms with Gasteiger partial charge in [0, 0.05) is 37.4 Å². The molecule has 3 heterocycles. The van der Waals surface area contributed by atoms with E-state index in [0.717, 1.165) is 30.3 Å². The second-order valence-corrected chi connectivity index (χ2v) is 8.02. The molecule has 1 amide bonds. The van der Waals surface area contributed by atoms with Gasteiger partial charge in [0.1, 0.15) is 18.0 Å². The molecule has 0 saturated heterocycles. The summed E-state index contributed by atoms with van der Waals surface area (Å²) in [5, 5.41) is 11.9. The number of carbonyl (C=O) groups is 1. The highest BCUT2D eigenvalue weighted by molar-refractivity contribution is 5.96. The lowest BCUT2D eigenvalue weighted by Crippen LogP contribution is -2.62. The Bertz CT molecular complexity index is 1390. The summed E-state index contributed by atoms with van der Waals surface area (Å²) in [7, 11) is 1.44. The molecular weight excluding hydrogens is 458 g/mol. The van der Waals surface area contributed by atoms with Gasteiger partial charge < -0.3 is 14.7 Å². The summed E-state index contributed by atoms with van der Waals surface area (Å²) in [6.45, 7) is 0.00285. The molecule has 1 unspecified atom stereocenters. The summed E-state index contributed by atoms with van der Waals surface area (Å²) in [5.41, 5.74) is -0.945. The van der Waals surface area contributed by atoms with Crippen LogP contribution in [0.5, 0.6) is 11.5 Å². The standard InChI is InChI=1S/C23H17F4N3O4/c1-28-19-5-7-34-18-10-16(27)15(26)9-12(18)20(11-2-3-13(24)14(25)8-11)30(19)29-6-4-17(31)22(32)21(29)23(28)33/h2-4,6,8-10,19-20,32H,5,7H2,1H3/t19?,20-/m0/s1. The quantitative estimate of drug-likeness (QED) is 0.548. The number of aromatic nitrogens is 1. The fraction of sp³-hybridized carbons (Fsp3) is 0.217. The zero-order valence-electron chi connectivity index (χ0n) is 17.6. The first-order chi connectivity index (χ1) is 16.2. The van der Waals surface area contributed by atoms with Crippen molar-refractivity contribution in [1.82, 2.24) is 9.58 Å². The van der Waals surface area contributed by atoms with Gasteiger partial charge in [-0.05, 0) is 23.8 Å². The molecule has 2 aliphatic rings. The molecule has 11 heteroatoms. The second-order valence-electron chi connectivity index (χ2n) is 8.02. The minimum absolute atomic E-state index is 0.00285. The lowest BCUT2D eigenvalue weighted by Gasteiger charge is -2.49. The van der Waals surface area contributed by atoms with Gasteiger partial charge in [0.15, 0.2) is 34.7 Å². The van der Waals surface area contributed by atoms with Crippen LogP contribution in [0.15, 0.2) is 47.4 Å². The molecule has 2 atom stereocenters. The van der Waals surface area contributed by atoms with E-state index >= 15 is 0 Å². The molecule has 1 N–H and O–H groups in total. The Balaban J connectivity index is 1.86. The van der Waals surface area contributed by atoms with E-state index in [1.165, 1.54) is 33.9 Å². The molecule has 0 radical (unpaired) electrons. The number of carbonyl (C=O) groups excluding carboxylic acids is 1. The maximum absolute atomic E-state index is 14.4. The van der Waals surface area contributed by atoms with E-state index in [9.17, 15) is 32.3 Å². The van der Waals surface area contributed by atoms with Gasteiger partial charge in [-0.3, -0.25) is 19.3 Å².